The highest BCUT2D eigenvalue weighted by atomic mass is 32.2. The van der Waals surface area contributed by atoms with E-state index < -0.39 is 10.0 Å². The van der Waals surface area contributed by atoms with E-state index in [9.17, 15) is 8.42 Å². The molecule has 0 unspecified atom stereocenters. The molecular formula is C12H18N2O3S. The first-order valence-electron chi connectivity index (χ1n) is 6.00. The minimum absolute atomic E-state index is 0.0206. The van der Waals surface area contributed by atoms with Crippen molar-refractivity contribution >= 4 is 15.7 Å². The number of rotatable bonds is 4. The fourth-order valence-corrected chi connectivity index (χ4v) is 3.21. The summed E-state index contributed by atoms with van der Waals surface area (Å²) >= 11 is 0. The summed E-state index contributed by atoms with van der Waals surface area (Å²) in [4.78, 5) is 0.299. The molecule has 1 aliphatic heterocycles. The molecular weight excluding hydrogens is 252 g/mol. The summed E-state index contributed by atoms with van der Waals surface area (Å²) in [7, 11) is -1.62. The lowest BCUT2D eigenvalue weighted by Gasteiger charge is -2.22. The Kier molecular flexibility index (Phi) is 4.21. The molecule has 0 saturated carbocycles. The molecule has 0 aliphatic carbocycles. The third kappa shape index (κ3) is 3.22. The molecule has 0 radical (unpaired) electrons. The number of hydrogen-bond acceptors (Lipinski definition) is 4. The maximum atomic E-state index is 12.1. The highest BCUT2D eigenvalue weighted by Gasteiger charge is 2.21. The summed E-state index contributed by atoms with van der Waals surface area (Å²) in [6.45, 7) is 1.23. The Hall–Kier alpha value is -1.11. The third-order valence-corrected chi connectivity index (χ3v) is 4.53. The van der Waals surface area contributed by atoms with Gasteiger partial charge in [0.05, 0.1) is 4.90 Å². The third-order valence-electron chi connectivity index (χ3n) is 3.00. The van der Waals surface area contributed by atoms with Crippen molar-refractivity contribution in [3.63, 3.8) is 0 Å². The van der Waals surface area contributed by atoms with Crippen LogP contribution in [-0.4, -0.2) is 34.7 Å². The van der Waals surface area contributed by atoms with Crippen LogP contribution in [0.3, 0.4) is 0 Å². The van der Waals surface area contributed by atoms with E-state index in [1.807, 2.05) is 0 Å². The van der Waals surface area contributed by atoms with E-state index in [0.717, 1.165) is 18.5 Å². The Labute approximate surface area is 108 Å². The monoisotopic (exact) mass is 270 g/mol. The second kappa shape index (κ2) is 5.69. The van der Waals surface area contributed by atoms with Gasteiger partial charge in [-0.25, -0.2) is 13.1 Å². The van der Waals surface area contributed by atoms with E-state index in [-0.39, 0.29) is 6.04 Å². The van der Waals surface area contributed by atoms with Crippen LogP contribution < -0.4 is 10.0 Å². The average molecular weight is 270 g/mol. The van der Waals surface area contributed by atoms with Crippen LogP contribution in [0.1, 0.15) is 12.8 Å². The van der Waals surface area contributed by atoms with Gasteiger partial charge in [-0.05, 0) is 37.1 Å². The second-order valence-electron chi connectivity index (χ2n) is 4.28. The van der Waals surface area contributed by atoms with E-state index in [0.29, 0.717) is 18.1 Å². The van der Waals surface area contributed by atoms with Crippen molar-refractivity contribution in [3.8, 4) is 0 Å². The van der Waals surface area contributed by atoms with E-state index in [1.165, 1.54) is 0 Å². The van der Waals surface area contributed by atoms with Gasteiger partial charge in [0.15, 0.2) is 0 Å². The van der Waals surface area contributed by atoms with Gasteiger partial charge in [-0.2, -0.15) is 0 Å². The summed E-state index contributed by atoms with van der Waals surface area (Å²) in [5.74, 6) is 0. The van der Waals surface area contributed by atoms with Crippen LogP contribution in [0.4, 0.5) is 5.69 Å². The topological polar surface area (TPSA) is 67.4 Å². The van der Waals surface area contributed by atoms with Gasteiger partial charge in [0.1, 0.15) is 0 Å². The molecule has 0 atom stereocenters. The van der Waals surface area contributed by atoms with Crippen LogP contribution in [0.5, 0.6) is 0 Å². The summed E-state index contributed by atoms with van der Waals surface area (Å²) in [5, 5.41) is 2.96. The first-order chi connectivity index (χ1) is 8.62. The zero-order valence-electron chi connectivity index (χ0n) is 10.3. The molecule has 2 rings (SSSR count). The summed E-state index contributed by atoms with van der Waals surface area (Å²) in [6.07, 6.45) is 1.46. The minimum Gasteiger partial charge on any atom is -0.388 e. The van der Waals surface area contributed by atoms with E-state index in [1.54, 1.807) is 31.3 Å². The fourth-order valence-electron chi connectivity index (χ4n) is 1.90. The molecule has 1 aromatic carbocycles. The van der Waals surface area contributed by atoms with Gasteiger partial charge in [-0.1, -0.05) is 0 Å². The Morgan fingerprint density at radius 1 is 1.17 bits per heavy atom. The van der Waals surface area contributed by atoms with Crippen molar-refractivity contribution in [2.45, 2.75) is 23.8 Å². The number of sulfonamides is 1. The van der Waals surface area contributed by atoms with Gasteiger partial charge >= 0.3 is 0 Å². The molecule has 100 valence electrons. The Bertz CT molecular complexity index is 479. The maximum Gasteiger partial charge on any atom is 0.240 e. The molecule has 1 heterocycles. The number of hydrogen-bond donors (Lipinski definition) is 2. The number of nitrogens with one attached hydrogen (secondary N) is 2. The summed E-state index contributed by atoms with van der Waals surface area (Å²) < 4.78 is 32.2. The van der Waals surface area contributed by atoms with Crippen molar-refractivity contribution in [3.05, 3.63) is 24.3 Å². The van der Waals surface area contributed by atoms with Crippen LogP contribution in [0.15, 0.2) is 29.2 Å². The standard InChI is InChI=1S/C12H18N2O3S/c1-13-10-2-4-12(5-3-10)18(15,16)14-11-6-8-17-9-7-11/h2-5,11,13-14H,6-9H2,1H3. The predicted molar refractivity (Wildman–Crippen MR) is 70.2 cm³/mol. The van der Waals surface area contributed by atoms with Crippen molar-refractivity contribution in [2.24, 2.45) is 0 Å². The van der Waals surface area contributed by atoms with Crippen LogP contribution in [0.25, 0.3) is 0 Å². The first-order valence-corrected chi connectivity index (χ1v) is 7.48. The summed E-state index contributed by atoms with van der Waals surface area (Å²) in [5.41, 5.74) is 0.889. The van der Waals surface area contributed by atoms with Gasteiger partial charge in [0.2, 0.25) is 10.0 Å². The molecule has 1 aromatic rings. The van der Waals surface area contributed by atoms with Crippen molar-refractivity contribution in [1.82, 2.24) is 4.72 Å². The molecule has 6 heteroatoms. The van der Waals surface area contributed by atoms with Crippen LogP contribution in [0.2, 0.25) is 0 Å². The second-order valence-corrected chi connectivity index (χ2v) is 6.00. The van der Waals surface area contributed by atoms with Gasteiger partial charge in [0.25, 0.3) is 0 Å². The van der Waals surface area contributed by atoms with Crippen LogP contribution >= 0.6 is 0 Å². The highest BCUT2D eigenvalue weighted by molar-refractivity contribution is 7.89. The molecule has 1 saturated heterocycles. The number of ether oxygens (including phenoxy) is 1. The highest BCUT2D eigenvalue weighted by Crippen LogP contribution is 2.16. The van der Waals surface area contributed by atoms with Gasteiger partial charge in [-0.3, -0.25) is 0 Å². The molecule has 1 fully saturated rings. The molecule has 0 amide bonds. The Balaban J connectivity index is 2.08. The lowest BCUT2D eigenvalue weighted by atomic mass is 10.1. The maximum absolute atomic E-state index is 12.1. The summed E-state index contributed by atoms with van der Waals surface area (Å²) in [6, 6.07) is 6.69. The normalized spacial score (nSPS) is 17.6. The zero-order valence-corrected chi connectivity index (χ0v) is 11.2. The first kappa shape index (κ1) is 13.3. The molecule has 5 nitrogen and oxygen atoms in total. The molecule has 18 heavy (non-hydrogen) atoms. The number of anilines is 1. The van der Waals surface area contributed by atoms with E-state index in [2.05, 4.69) is 10.0 Å². The number of benzene rings is 1. The molecule has 2 N–H and O–H groups in total. The van der Waals surface area contributed by atoms with Crippen molar-refractivity contribution in [1.29, 1.82) is 0 Å². The Morgan fingerprint density at radius 3 is 2.33 bits per heavy atom. The molecule has 0 aromatic heterocycles. The molecule has 0 spiro atoms. The van der Waals surface area contributed by atoms with Crippen LogP contribution in [-0.2, 0) is 14.8 Å². The predicted octanol–water partition coefficient (Wildman–Crippen LogP) is 1.19. The quantitative estimate of drug-likeness (QED) is 0.862. The van der Waals surface area contributed by atoms with E-state index in [4.69, 9.17) is 4.74 Å². The van der Waals surface area contributed by atoms with E-state index >= 15 is 0 Å². The molecule has 0 bridgehead atoms. The zero-order chi connectivity index (χ0) is 13.0. The van der Waals surface area contributed by atoms with Gasteiger partial charge in [-0.15, -0.1) is 0 Å². The van der Waals surface area contributed by atoms with Crippen molar-refractivity contribution < 1.29 is 13.2 Å². The lowest BCUT2D eigenvalue weighted by Crippen LogP contribution is -2.38. The fraction of sp³-hybridized carbons (Fsp3) is 0.500. The largest absolute Gasteiger partial charge is 0.388 e. The average Bonchev–Trinajstić information content (AvgIpc) is 2.39. The molecule has 1 aliphatic rings. The smallest absolute Gasteiger partial charge is 0.240 e. The minimum atomic E-state index is -3.42. The SMILES string of the molecule is CNc1ccc(S(=O)(=O)NC2CCOCC2)cc1. The van der Waals surface area contributed by atoms with Crippen LogP contribution in [0, 0.1) is 0 Å². The van der Waals surface area contributed by atoms with Crippen molar-refractivity contribution in [2.75, 3.05) is 25.6 Å². The lowest BCUT2D eigenvalue weighted by molar-refractivity contribution is 0.0832. The van der Waals surface area contributed by atoms with Gasteiger partial charge < -0.3 is 10.1 Å². The van der Waals surface area contributed by atoms with Gasteiger partial charge in [0, 0.05) is 32.0 Å². The Morgan fingerprint density at radius 2 is 1.78 bits per heavy atom.